The summed E-state index contributed by atoms with van der Waals surface area (Å²) in [6.45, 7) is 6.92. The van der Waals surface area contributed by atoms with Crippen molar-refractivity contribution in [3.05, 3.63) is 40.1 Å². The van der Waals surface area contributed by atoms with E-state index in [1.165, 1.54) is 22.9 Å². The van der Waals surface area contributed by atoms with Crippen LogP contribution in [0, 0.1) is 13.8 Å². The first-order valence-electron chi connectivity index (χ1n) is 6.76. The lowest BCUT2D eigenvalue weighted by molar-refractivity contribution is -0.117. The zero-order chi connectivity index (χ0) is 14.5. The molecule has 0 amide bonds. The van der Waals surface area contributed by atoms with Gasteiger partial charge >= 0.3 is 0 Å². The van der Waals surface area contributed by atoms with Crippen molar-refractivity contribution in [2.45, 2.75) is 27.2 Å². The molecule has 5 heteroatoms. The van der Waals surface area contributed by atoms with E-state index in [9.17, 15) is 4.79 Å². The van der Waals surface area contributed by atoms with Gasteiger partial charge in [0.25, 0.3) is 0 Å². The van der Waals surface area contributed by atoms with Gasteiger partial charge in [-0.1, -0.05) is 24.8 Å². The molecule has 1 aromatic carbocycles. The summed E-state index contributed by atoms with van der Waals surface area (Å²) >= 11 is 1.48. The first-order valence-corrected chi connectivity index (χ1v) is 7.74. The Hall–Kier alpha value is -1.46. The molecule has 0 spiro atoms. The lowest BCUT2D eigenvalue weighted by Crippen LogP contribution is -2.19. The molecule has 0 saturated carbocycles. The summed E-state index contributed by atoms with van der Waals surface area (Å²) in [5.41, 5.74) is 6.26. The highest BCUT2D eigenvalue weighted by molar-refractivity contribution is 8.04. The van der Waals surface area contributed by atoms with E-state index in [1.807, 2.05) is 13.0 Å². The molecule has 1 heterocycles. The predicted octanol–water partition coefficient (Wildman–Crippen LogP) is 3.13. The maximum absolute atomic E-state index is 11.8. The molecule has 0 fully saturated rings. The van der Waals surface area contributed by atoms with Crippen LogP contribution in [0.3, 0.4) is 0 Å². The summed E-state index contributed by atoms with van der Waals surface area (Å²) in [6, 6.07) is 6.15. The highest BCUT2D eigenvalue weighted by Gasteiger charge is 2.26. The van der Waals surface area contributed by atoms with Crippen LogP contribution < -0.4 is 10.8 Å². The minimum Gasteiger partial charge on any atom is -0.402 e. The van der Waals surface area contributed by atoms with Gasteiger partial charge in [-0.25, -0.2) is 0 Å². The lowest BCUT2D eigenvalue weighted by Gasteiger charge is -2.11. The summed E-state index contributed by atoms with van der Waals surface area (Å²) < 4.78 is 0. The van der Waals surface area contributed by atoms with E-state index in [0.717, 1.165) is 23.7 Å². The van der Waals surface area contributed by atoms with Gasteiger partial charge in [0.15, 0.2) is 0 Å². The fourth-order valence-electron chi connectivity index (χ4n) is 1.77. The molecule has 0 radical (unpaired) electrons. The quantitative estimate of drug-likeness (QED) is 0.623. The molecular weight excluding hydrogens is 272 g/mol. The minimum atomic E-state index is 0.0185. The van der Waals surface area contributed by atoms with Crippen LogP contribution in [0.15, 0.2) is 29.0 Å². The second-order valence-electron chi connectivity index (χ2n) is 4.79. The molecule has 0 aliphatic carbocycles. The molecule has 0 saturated heterocycles. The molecular formula is C15H20N2O2S. The first kappa shape index (κ1) is 14.9. The van der Waals surface area contributed by atoms with E-state index >= 15 is 0 Å². The number of hydroxylamine groups is 1. The summed E-state index contributed by atoms with van der Waals surface area (Å²) in [7, 11) is 0. The Morgan fingerprint density at radius 2 is 2.10 bits per heavy atom. The third kappa shape index (κ3) is 3.55. The van der Waals surface area contributed by atoms with Crippen LogP contribution in [0.5, 0.6) is 0 Å². The van der Waals surface area contributed by atoms with Crippen molar-refractivity contribution < 1.29 is 9.63 Å². The molecule has 4 nitrogen and oxygen atoms in total. The smallest absolute Gasteiger partial charge is 0.220 e. The van der Waals surface area contributed by atoms with Gasteiger partial charge in [0.05, 0.1) is 5.75 Å². The average Bonchev–Trinajstić information content (AvgIpc) is 2.76. The summed E-state index contributed by atoms with van der Waals surface area (Å²) in [6.07, 6.45) is 0.953. The number of hydrogen-bond acceptors (Lipinski definition) is 5. The van der Waals surface area contributed by atoms with E-state index in [1.54, 1.807) is 0 Å². The Morgan fingerprint density at radius 1 is 1.30 bits per heavy atom. The van der Waals surface area contributed by atoms with E-state index in [4.69, 9.17) is 4.84 Å². The van der Waals surface area contributed by atoms with Crippen LogP contribution in [0.1, 0.15) is 24.5 Å². The number of nitrogens with one attached hydrogen (secondary N) is 2. The van der Waals surface area contributed by atoms with Crippen LogP contribution >= 0.6 is 11.8 Å². The number of allylic oxidation sites excluding steroid dienone is 1. The third-order valence-electron chi connectivity index (χ3n) is 3.10. The maximum atomic E-state index is 11.8. The number of carbonyl (C=O) groups is 1. The van der Waals surface area contributed by atoms with E-state index in [2.05, 4.69) is 36.8 Å². The minimum absolute atomic E-state index is 0.0185. The summed E-state index contributed by atoms with van der Waals surface area (Å²) in [4.78, 5) is 17.2. The molecule has 2 rings (SSSR count). The largest absolute Gasteiger partial charge is 0.402 e. The van der Waals surface area contributed by atoms with Gasteiger partial charge in [-0.05, 0) is 43.5 Å². The summed E-state index contributed by atoms with van der Waals surface area (Å²) in [5, 5.41) is 4.05. The molecule has 108 valence electrons. The number of carbonyl (C=O) groups excluding carboxylic acids is 1. The Bertz CT molecular complexity index is 541. The zero-order valence-electron chi connectivity index (χ0n) is 12.1. The second kappa shape index (κ2) is 6.81. The molecule has 1 aliphatic rings. The number of aryl methyl sites for hydroxylation is 2. The van der Waals surface area contributed by atoms with Crippen LogP contribution in [-0.2, 0) is 9.63 Å². The van der Waals surface area contributed by atoms with Crippen LogP contribution in [0.25, 0.3) is 0 Å². The van der Waals surface area contributed by atoms with Gasteiger partial charge in [-0.2, -0.15) is 5.48 Å². The van der Waals surface area contributed by atoms with E-state index < -0.39 is 0 Å². The molecule has 1 aliphatic heterocycles. The number of rotatable bonds is 6. The van der Waals surface area contributed by atoms with Crippen molar-refractivity contribution >= 4 is 23.2 Å². The Morgan fingerprint density at radius 3 is 2.80 bits per heavy atom. The number of benzene rings is 1. The van der Waals surface area contributed by atoms with Crippen molar-refractivity contribution in [1.29, 1.82) is 0 Å². The molecule has 0 atom stereocenters. The van der Waals surface area contributed by atoms with Crippen molar-refractivity contribution in [3.8, 4) is 0 Å². The van der Waals surface area contributed by atoms with Crippen molar-refractivity contribution in [2.24, 2.45) is 0 Å². The van der Waals surface area contributed by atoms with E-state index in [-0.39, 0.29) is 5.78 Å². The Labute approximate surface area is 123 Å². The fourth-order valence-corrected chi connectivity index (χ4v) is 2.65. The molecule has 0 bridgehead atoms. The van der Waals surface area contributed by atoms with Crippen molar-refractivity contribution in [2.75, 3.05) is 17.6 Å². The van der Waals surface area contributed by atoms with Crippen LogP contribution in [-0.4, -0.2) is 18.1 Å². The fraction of sp³-hybridized carbons (Fsp3) is 0.400. The highest BCUT2D eigenvalue weighted by Crippen LogP contribution is 2.30. The topological polar surface area (TPSA) is 50.4 Å². The van der Waals surface area contributed by atoms with Gasteiger partial charge in [-0.3, -0.25) is 4.79 Å². The lowest BCUT2D eigenvalue weighted by atomic mass is 10.1. The third-order valence-corrected chi connectivity index (χ3v) is 4.08. The molecule has 1 aromatic rings. The highest BCUT2D eigenvalue weighted by atomic mass is 32.2. The predicted molar refractivity (Wildman–Crippen MR) is 83.4 cm³/mol. The van der Waals surface area contributed by atoms with Gasteiger partial charge in [0, 0.05) is 12.2 Å². The number of ketones is 1. The molecule has 0 aromatic heterocycles. The maximum Gasteiger partial charge on any atom is 0.220 e. The van der Waals surface area contributed by atoms with Crippen molar-refractivity contribution in [1.82, 2.24) is 5.48 Å². The van der Waals surface area contributed by atoms with Gasteiger partial charge in [0.1, 0.15) is 5.03 Å². The van der Waals surface area contributed by atoms with Crippen molar-refractivity contribution in [3.63, 3.8) is 0 Å². The molecule has 20 heavy (non-hydrogen) atoms. The van der Waals surface area contributed by atoms with Crippen LogP contribution in [0.2, 0.25) is 0 Å². The number of hydrogen-bond donors (Lipinski definition) is 2. The SMILES string of the molecule is CCCNOC1=C(Nc2ccc(C)c(C)c2)SCC1=O. The summed E-state index contributed by atoms with van der Waals surface area (Å²) in [5.74, 6) is 0.836. The first-order chi connectivity index (χ1) is 9.61. The Balaban J connectivity index is 2.11. The average molecular weight is 292 g/mol. The number of Topliss-reactive ketones (excluding diaryl/α,β-unsaturated/α-hetero) is 1. The molecule has 0 unspecified atom stereocenters. The van der Waals surface area contributed by atoms with Gasteiger partial charge < -0.3 is 10.2 Å². The standard InChI is InChI=1S/C15H20N2O2S/c1-4-7-16-19-14-13(18)9-20-15(14)17-12-6-5-10(2)11(3)8-12/h5-6,8,16-17H,4,7,9H2,1-3H3. The number of thioether (sulfide) groups is 1. The second-order valence-corrected chi connectivity index (χ2v) is 5.78. The van der Waals surface area contributed by atoms with E-state index in [0.29, 0.717) is 11.5 Å². The normalized spacial score (nSPS) is 14.8. The number of anilines is 1. The van der Waals surface area contributed by atoms with Gasteiger partial charge in [0.2, 0.25) is 11.5 Å². The van der Waals surface area contributed by atoms with Gasteiger partial charge in [-0.15, -0.1) is 0 Å². The zero-order valence-corrected chi connectivity index (χ0v) is 12.9. The Kier molecular flexibility index (Phi) is 5.09. The monoisotopic (exact) mass is 292 g/mol. The van der Waals surface area contributed by atoms with Crippen LogP contribution in [0.4, 0.5) is 5.69 Å². The molecule has 2 N–H and O–H groups in total.